The maximum Gasteiger partial charge on any atom is 0.305 e. The molecule has 1 fully saturated rings. The maximum atomic E-state index is 12.2. The second-order valence-electron chi connectivity index (χ2n) is 5.96. The molecule has 126 valence electrons. The standard InChI is InChI=1S/C16H24N4O3/c1-19-6-8-20(9-7-19)11-15(21)18-14(10-16(22)23)12-2-4-13(17)5-3-12/h2-5,14H,6-11,17H2,1H3,(H,18,21)(H,22,23)/t14-/m1/s1. The molecule has 1 aromatic carbocycles. The number of hydrogen-bond donors (Lipinski definition) is 3. The molecule has 4 N–H and O–H groups in total. The molecule has 0 bridgehead atoms. The van der Waals surface area contributed by atoms with Crippen molar-refractivity contribution >= 4 is 17.6 Å². The first-order chi connectivity index (χ1) is 10.9. The minimum absolute atomic E-state index is 0.154. The number of carboxylic acids is 1. The molecule has 0 saturated carbocycles. The predicted molar refractivity (Wildman–Crippen MR) is 87.9 cm³/mol. The van der Waals surface area contributed by atoms with Crippen LogP contribution in [0.4, 0.5) is 5.69 Å². The number of likely N-dealkylation sites (N-methyl/N-ethyl adjacent to an activating group) is 1. The smallest absolute Gasteiger partial charge is 0.305 e. The first kappa shape index (κ1) is 17.2. The van der Waals surface area contributed by atoms with E-state index in [4.69, 9.17) is 10.8 Å². The molecule has 1 saturated heterocycles. The molecular formula is C16H24N4O3. The molecule has 1 atom stereocenters. The quantitative estimate of drug-likeness (QED) is 0.645. The molecular weight excluding hydrogens is 296 g/mol. The number of nitrogen functional groups attached to an aromatic ring is 1. The third kappa shape index (κ3) is 5.54. The Morgan fingerprint density at radius 1 is 1.22 bits per heavy atom. The third-order valence-electron chi connectivity index (χ3n) is 4.02. The summed E-state index contributed by atoms with van der Waals surface area (Å²) in [7, 11) is 2.06. The molecule has 1 aliphatic heterocycles. The van der Waals surface area contributed by atoms with E-state index in [0.29, 0.717) is 12.2 Å². The molecule has 0 aliphatic carbocycles. The summed E-state index contributed by atoms with van der Waals surface area (Å²) in [6.07, 6.45) is -0.154. The van der Waals surface area contributed by atoms with Gasteiger partial charge in [0.1, 0.15) is 0 Å². The van der Waals surface area contributed by atoms with Crippen LogP contribution >= 0.6 is 0 Å². The lowest BCUT2D eigenvalue weighted by Gasteiger charge is -2.32. The van der Waals surface area contributed by atoms with Crippen molar-refractivity contribution in [1.82, 2.24) is 15.1 Å². The van der Waals surface area contributed by atoms with E-state index in [9.17, 15) is 9.59 Å². The second kappa shape index (κ2) is 7.94. The molecule has 0 spiro atoms. The Hall–Kier alpha value is -2.12. The Bertz CT molecular complexity index is 539. The summed E-state index contributed by atoms with van der Waals surface area (Å²) < 4.78 is 0. The van der Waals surface area contributed by atoms with Gasteiger partial charge in [0.15, 0.2) is 0 Å². The maximum absolute atomic E-state index is 12.2. The van der Waals surface area contributed by atoms with Gasteiger partial charge in [-0.3, -0.25) is 14.5 Å². The van der Waals surface area contributed by atoms with Crippen molar-refractivity contribution in [2.24, 2.45) is 0 Å². The van der Waals surface area contributed by atoms with Crippen molar-refractivity contribution in [1.29, 1.82) is 0 Å². The fraction of sp³-hybridized carbons (Fsp3) is 0.500. The van der Waals surface area contributed by atoms with Gasteiger partial charge >= 0.3 is 5.97 Å². The molecule has 1 aliphatic rings. The topological polar surface area (TPSA) is 98.9 Å². The minimum atomic E-state index is -0.952. The van der Waals surface area contributed by atoms with E-state index in [1.165, 1.54) is 0 Å². The number of benzene rings is 1. The summed E-state index contributed by atoms with van der Waals surface area (Å²) in [5, 5.41) is 11.9. The fourth-order valence-electron chi connectivity index (χ4n) is 2.60. The average molecular weight is 320 g/mol. The number of carboxylic acid groups (broad SMARTS) is 1. The van der Waals surface area contributed by atoms with Crippen LogP contribution in [0.3, 0.4) is 0 Å². The zero-order valence-corrected chi connectivity index (χ0v) is 13.4. The van der Waals surface area contributed by atoms with E-state index < -0.39 is 12.0 Å². The van der Waals surface area contributed by atoms with Gasteiger partial charge < -0.3 is 21.1 Å². The van der Waals surface area contributed by atoms with Gasteiger partial charge in [-0.2, -0.15) is 0 Å². The SMILES string of the molecule is CN1CCN(CC(=O)N[C@H](CC(=O)O)c2ccc(N)cc2)CC1. The summed E-state index contributed by atoms with van der Waals surface area (Å²) in [6.45, 7) is 3.84. The van der Waals surface area contributed by atoms with Gasteiger partial charge in [-0.15, -0.1) is 0 Å². The molecule has 2 rings (SSSR count). The van der Waals surface area contributed by atoms with E-state index >= 15 is 0 Å². The van der Waals surface area contributed by atoms with Crippen LogP contribution in [0.1, 0.15) is 18.0 Å². The monoisotopic (exact) mass is 320 g/mol. The Labute approximate surface area is 136 Å². The van der Waals surface area contributed by atoms with Crippen LogP contribution in [0.5, 0.6) is 0 Å². The van der Waals surface area contributed by atoms with Crippen LogP contribution in [0.2, 0.25) is 0 Å². The molecule has 23 heavy (non-hydrogen) atoms. The number of carbonyl (C=O) groups excluding carboxylic acids is 1. The van der Waals surface area contributed by atoms with E-state index in [-0.39, 0.29) is 12.3 Å². The zero-order chi connectivity index (χ0) is 16.8. The summed E-state index contributed by atoms with van der Waals surface area (Å²) >= 11 is 0. The average Bonchev–Trinajstić information content (AvgIpc) is 2.49. The largest absolute Gasteiger partial charge is 0.481 e. The van der Waals surface area contributed by atoms with Gasteiger partial charge in [0.2, 0.25) is 5.91 Å². The number of rotatable bonds is 6. The van der Waals surface area contributed by atoms with Crippen LogP contribution < -0.4 is 11.1 Å². The molecule has 1 heterocycles. The fourth-order valence-corrected chi connectivity index (χ4v) is 2.60. The number of nitrogens with zero attached hydrogens (tertiary/aromatic N) is 2. The first-order valence-electron chi connectivity index (χ1n) is 7.71. The Kier molecular flexibility index (Phi) is 5.95. The normalized spacial score (nSPS) is 17.6. The number of amides is 1. The van der Waals surface area contributed by atoms with E-state index in [1.807, 2.05) is 0 Å². The Morgan fingerprint density at radius 2 is 1.83 bits per heavy atom. The number of nitrogens with two attached hydrogens (primary N) is 1. The highest BCUT2D eigenvalue weighted by Gasteiger charge is 2.21. The van der Waals surface area contributed by atoms with Crippen LogP contribution in [0.25, 0.3) is 0 Å². The highest BCUT2D eigenvalue weighted by molar-refractivity contribution is 5.79. The Morgan fingerprint density at radius 3 is 2.39 bits per heavy atom. The lowest BCUT2D eigenvalue weighted by molar-refractivity contribution is -0.137. The van der Waals surface area contributed by atoms with Crippen LogP contribution in [0, 0.1) is 0 Å². The lowest BCUT2D eigenvalue weighted by atomic mass is 10.0. The minimum Gasteiger partial charge on any atom is -0.481 e. The van der Waals surface area contributed by atoms with Crippen molar-refractivity contribution < 1.29 is 14.7 Å². The van der Waals surface area contributed by atoms with Crippen molar-refractivity contribution in [3.05, 3.63) is 29.8 Å². The van der Waals surface area contributed by atoms with Crippen molar-refractivity contribution in [3.8, 4) is 0 Å². The zero-order valence-electron chi connectivity index (χ0n) is 13.4. The highest BCUT2D eigenvalue weighted by Crippen LogP contribution is 2.18. The van der Waals surface area contributed by atoms with Gasteiger partial charge in [-0.05, 0) is 24.7 Å². The van der Waals surface area contributed by atoms with Crippen molar-refractivity contribution in [2.45, 2.75) is 12.5 Å². The summed E-state index contributed by atoms with van der Waals surface area (Å²) in [5.41, 5.74) is 7.00. The van der Waals surface area contributed by atoms with Crippen molar-refractivity contribution in [2.75, 3.05) is 45.5 Å². The Balaban J connectivity index is 1.95. The summed E-state index contributed by atoms with van der Waals surface area (Å²) in [5.74, 6) is -1.11. The summed E-state index contributed by atoms with van der Waals surface area (Å²) in [4.78, 5) is 27.6. The first-order valence-corrected chi connectivity index (χ1v) is 7.71. The van der Waals surface area contributed by atoms with E-state index in [2.05, 4.69) is 22.2 Å². The molecule has 7 nitrogen and oxygen atoms in total. The number of aliphatic carboxylic acids is 1. The molecule has 0 radical (unpaired) electrons. The van der Waals surface area contributed by atoms with Gasteiger partial charge in [-0.1, -0.05) is 12.1 Å². The van der Waals surface area contributed by atoms with Gasteiger partial charge in [-0.25, -0.2) is 0 Å². The number of carbonyl (C=O) groups is 2. The van der Waals surface area contributed by atoms with Gasteiger partial charge in [0.25, 0.3) is 0 Å². The third-order valence-corrected chi connectivity index (χ3v) is 4.02. The molecule has 1 aromatic rings. The highest BCUT2D eigenvalue weighted by atomic mass is 16.4. The van der Waals surface area contributed by atoms with Crippen LogP contribution in [0.15, 0.2) is 24.3 Å². The molecule has 1 amide bonds. The predicted octanol–water partition coefficient (Wildman–Crippen LogP) is 0.148. The van der Waals surface area contributed by atoms with Crippen LogP contribution in [-0.2, 0) is 9.59 Å². The van der Waals surface area contributed by atoms with Gasteiger partial charge in [0.05, 0.1) is 19.0 Å². The molecule has 0 unspecified atom stereocenters. The van der Waals surface area contributed by atoms with Gasteiger partial charge in [0, 0.05) is 31.9 Å². The van der Waals surface area contributed by atoms with E-state index in [1.54, 1.807) is 24.3 Å². The number of piperazine rings is 1. The molecule has 0 aromatic heterocycles. The second-order valence-corrected chi connectivity index (χ2v) is 5.96. The van der Waals surface area contributed by atoms with E-state index in [0.717, 1.165) is 31.7 Å². The lowest BCUT2D eigenvalue weighted by Crippen LogP contribution is -2.48. The van der Waals surface area contributed by atoms with Crippen molar-refractivity contribution in [3.63, 3.8) is 0 Å². The molecule has 7 heteroatoms. The number of hydrogen-bond acceptors (Lipinski definition) is 5. The summed E-state index contributed by atoms with van der Waals surface area (Å²) in [6, 6.07) is 6.36. The number of nitrogens with one attached hydrogen (secondary N) is 1. The number of anilines is 1. The van der Waals surface area contributed by atoms with Crippen LogP contribution in [-0.4, -0.2) is 66.6 Å².